The highest BCUT2D eigenvalue weighted by Crippen LogP contribution is 2.04. The molecule has 4 nitrogen and oxygen atoms in total. The average molecular weight is 235 g/mol. The van der Waals surface area contributed by atoms with E-state index in [0.717, 1.165) is 5.56 Å². The van der Waals surface area contributed by atoms with E-state index in [1.165, 1.54) is 0 Å². The Kier molecular flexibility index (Phi) is 3.71. The van der Waals surface area contributed by atoms with Crippen molar-refractivity contribution in [3.05, 3.63) is 30.6 Å². The van der Waals surface area contributed by atoms with Crippen molar-refractivity contribution in [3.8, 4) is 0 Å². The predicted molar refractivity (Wildman–Crippen MR) is 55.8 cm³/mol. The van der Waals surface area contributed by atoms with Crippen LogP contribution in [-0.2, 0) is 22.0 Å². The summed E-state index contributed by atoms with van der Waals surface area (Å²) in [6.07, 6.45) is 5.52. The summed E-state index contributed by atoms with van der Waals surface area (Å²) in [6.45, 7) is 4.19. The molecule has 1 heterocycles. The number of rotatable bonds is 5. The van der Waals surface area contributed by atoms with Gasteiger partial charge in [-0.05, 0) is 12.0 Å². The van der Waals surface area contributed by atoms with Gasteiger partial charge in [0.15, 0.2) is 0 Å². The molecule has 0 unspecified atom stereocenters. The van der Waals surface area contributed by atoms with Gasteiger partial charge in [0, 0.05) is 16.9 Å². The van der Waals surface area contributed by atoms with Crippen LogP contribution in [0.25, 0.3) is 0 Å². The van der Waals surface area contributed by atoms with E-state index >= 15 is 0 Å². The fourth-order valence-electron chi connectivity index (χ4n) is 1.01. The molecule has 0 saturated heterocycles. The van der Waals surface area contributed by atoms with Gasteiger partial charge in [-0.15, -0.1) is 6.58 Å². The van der Waals surface area contributed by atoms with Crippen molar-refractivity contribution in [1.82, 2.24) is 9.78 Å². The average Bonchev–Trinajstić information content (AvgIpc) is 2.49. The van der Waals surface area contributed by atoms with Crippen molar-refractivity contribution >= 4 is 19.7 Å². The number of aryl methyl sites for hydroxylation is 1. The summed E-state index contributed by atoms with van der Waals surface area (Å²) >= 11 is 0. The third-order valence-electron chi connectivity index (χ3n) is 1.64. The molecule has 6 heteroatoms. The van der Waals surface area contributed by atoms with Crippen molar-refractivity contribution in [2.75, 3.05) is 5.75 Å². The van der Waals surface area contributed by atoms with E-state index in [-0.39, 0.29) is 5.75 Å². The lowest BCUT2D eigenvalue weighted by Gasteiger charge is -1.93. The summed E-state index contributed by atoms with van der Waals surface area (Å²) in [5, 5.41) is 4.01. The lowest BCUT2D eigenvalue weighted by molar-refractivity contribution is 0.609. The van der Waals surface area contributed by atoms with Crippen molar-refractivity contribution in [2.24, 2.45) is 0 Å². The first-order chi connectivity index (χ1) is 6.51. The standard InChI is InChI=1S/C8H11ClN2O2S/c1-2-4-11-7-8(6-10-11)3-5-14(9,12)13/h2,6-7H,1,3-5H2. The molecule has 0 aliphatic heterocycles. The van der Waals surface area contributed by atoms with Crippen LogP contribution < -0.4 is 0 Å². The molecule has 0 saturated carbocycles. The molecular weight excluding hydrogens is 224 g/mol. The molecule has 0 fully saturated rings. The van der Waals surface area contributed by atoms with E-state index in [4.69, 9.17) is 10.7 Å². The highest BCUT2D eigenvalue weighted by atomic mass is 35.7. The van der Waals surface area contributed by atoms with E-state index in [9.17, 15) is 8.42 Å². The normalized spacial score (nSPS) is 11.5. The van der Waals surface area contributed by atoms with Gasteiger partial charge in [0.1, 0.15) is 0 Å². The molecule has 1 aromatic rings. The number of halogens is 1. The van der Waals surface area contributed by atoms with Gasteiger partial charge < -0.3 is 0 Å². The first-order valence-corrected chi connectivity index (χ1v) is 6.53. The topological polar surface area (TPSA) is 52.0 Å². The smallest absolute Gasteiger partial charge is 0.232 e. The Morgan fingerprint density at radius 1 is 1.64 bits per heavy atom. The van der Waals surface area contributed by atoms with Gasteiger partial charge in [0.25, 0.3) is 0 Å². The summed E-state index contributed by atoms with van der Waals surface area (Å²) < 4.78 is 23.0. The third-order valence-corrected chi connectivity index (χ3v) is 2.79. The second-order valence-corrected chi connectivity index (χ2v) is 5.75. The Morgan fingerprint density at radius 3 is 2.93 bits per heavy atom. The van der Waals surface area contributed by atoms with E-state index in [1.807, 2.05) is 0 Å². The van der Waals surface area contributed by atoms with Crippen molar-refractivity contribution < 1.29 is 8.42 Å². The van der Waals surface area contributed by atoms with Crippen LogP contribution in [0.3, 0.4) is 0 Å². The quantitative estimate of drug-likeness (QED) is 0.568. The van der Waals surface area contributed by atoms with Gasteiger partial charge >= 0.3 is 0 Å². The van der Waals surface area contributed by atoms with Gasteiger partial charge in [-0.25, -0.2) is 8.42 Å². The van der Waals surface area contributed by atoms with Gasteiger partial charge in [0.05, 0.1) is 18.5 Å². The molecule has 0 aliphatic carbocycles. The minimum atomic E-state index is -3.41. The Hall–Kier alpha value is -0.810. The van der Waals surface area contributed by atoms with Crippen LogP contribution in [0.1, 0.15) is 5.56 Å². The van der Waals surface area contributed by atoms with Crippen LogP contribution in [-0.4, -0.2) is 24.0 Å². The molecule has 0 spiro atoms. The molecule has 0 aromatic carbocycles. The van der Waals surface area contributed by atoms with Crippen molar-refractivity contribution in [1.29, 1.82) is 0 Å². The maximum atomic E-state index is 10.7. The van der Waals surface area contributed by atoms with Gasteiger partial charge in [0.2, 0.25) is 9.05 Å². The number of hydrogen-bond acceptors (Lipinski definition) is 3. The molecule has 1 aromatic heterocycles. The summed E-state index contributed by atoms with van der Waals surface area (Å²) in [4.78, 5) is 0. The molecule has 78 valence electrons. The zero-order chi connectivity index (χ0) is 10.6. The van der Waals surface area contributed by atoms with Crippen LogP contribution >= 0.6 is 10.7 Å². The second-order valence-electron chi connectivity index (χ2n) is 2.85. The van der Waals surface area contributed by atoms with Crippen molar-refractivity contribution in [3.63, 3.8) is 0 Å². The summed E-state index contributed by atoms with van der Waals surface area (Å²) in [5.41, 5.74) is 0.857. The fraction of sp³-hybridized carbons (Fsp3) is 0.375. The van der Waals surface area contributed by atoms with Crippen LogP contribution in [0.15, 0.2) is 25.0 Å². The van der Waals surface area contributed by atoms with Crippen LogP contribution in [0.5, 0.6) is 0 Å². The third kappa shape index (κ3) is 3.93. The van der Waals surface area contributed by atoms with Crippen LogP contribution in [0.2, 0.25) is 0 Å². The Balaban J connectivity index is 2.56. The van der Waals surface area contributed by atoms with Crippen LogP contribution in [0, 0.1) is 0 Å². The summed E-state index contributed by atoms with van der Waals surface area (Å²) in [6, 6.07) is 0. The summed E-state index contributed by atoms with van der Waals surface area (Å²) in [7, 11) is 1.67. The Bertz CT molecular complexity index is 411. The lowest BCUT2D eigenvalue weighted by Crippen LogP contribution is -2.00. The zero-order valence-electron chi connectivity index (χ0n) is 7.56. The monoisotopic (exact) mass is 234 g/mol. The van der Waals surface area contributed by atoms with Crippen molar-refractivity contribution in [2.45, 2.75) is 13.0 Å². The Labute approximate surface area is 87.6 Å². The fourth-order valence-corrected chi connectivity index (χ4v) is 1.72. The van der Waals surface area contributed by atoms with Gasteiger partial charge in [-0.1, -0.05) is 6.08 Å². The number of allylic oxidation sites excluding steroid dienone is 1. The van der Waals surface area contributed by atoms with E-state index in [1.54, 1.807) is 23.2 Å². The summed E-state index contributed by atoms with van der Waals surface area (Å²) in [5.74, 6) is -0.0612. The first kappa shape index (κ1) is 11.3. The predicted octanol–water partition coefficient (Wildman–Crippen LogP) is 1.18. The van der Waals surface area contributed by atoms with Gasteiger partial charge in [-0.3, -0.25) is 4.68 Å². The molecule has 0 N–H and O–H groups in total. The van der Waals surface area contributed by atoms with E-state index in [0.29, 0.717) is 13.0 Å². The zero-order valence-corrected chi connectivity index (χ0v) is 9.13. The molecule has 1 rings (SSSR count). The minimum absolute atomic E-state index is 0.0612. The maximum absolute atomic E-state index is 10.7. The molecule has 0 radical (unpaired) electrons. The molecule has 0 bridgehead atoms. The van der Waals surface area contributed by atoms with Crippen LogP contribution in [0.4, 0.5) is 0 Å². The largest absolute Gasteiger partial charge is 0.269 e. The lowest BCUT2D eigenvalue weighted by atomic mass is 10.3. The molecule has 0 amide bonds. The number of hydrogen-bond donors (Lipinski definition) is 0. The minimum Gasteiger partial charge on any atom is -0.269 e. The molecular formula is C8H11ClN2O2S. The molecule has 0 aliphatic rings. The highest BCUT2D eigenvalue weighted by Gasteiger charge is 2.06. The molecule has 14 heavy (non-hydrogen) atoms. The first-order valence-electron chi connectivity index (χ1n) is 4.06. The molecule has 0 atom stereocenters. The maximum Gasteiger partial charge on any atom is 0.232 e. The van der Waals surface area contributed by atoms with E-state index in [2.05, 4.69) is 11.7 Å². The number of nitrogens with zero attached hydrogens (tertiary/aromatic N) is 2. The Morgan fingerprint density at radius 2 is 2.36 bits per heavy atom. The SMILES string of the molecule is C=CCn1cc(CCS(=O)(=O)Cl)cn1. The highest BCUT2D eigenvalue weighted by molar-refractivity contribution is 8.13. The van der Waals surface area contributed by atoms with E-state index < -0.39 is 9.05 Å². The second kappa shape index (κ2) is 4.61. The number of aromatic nitrogens is 2. The van der Waals surface area contributed by atoms with Gasteiger partial charge in [-0.2, -0.15) is 5.10 Å².